The molecule has 0 aliphatic carbocycles. The number of anilines is 1. The molecule has 2 N–H and O–H groups in total. The van der Waals surface area contributed by atoms with Gasteiger partial charge >= 0.3 is 5.97 Å². The minimum absolute atomic E-state index is 0.0829. The van der Waals surface area contributed by atoms with Gasteiger partial charge in [0.2, 0.25) is 5.91 Å². The van der Waals surface area contributed by atoms with Crippen LogP contribution in [-0.4, -0.2) is 22.0 Å². The number of carbonyl (C=O) groups is 2. The maximum Gasteiger partial charge on any atom is 0.313 e. The number of hydrogen-bond acceptors (Lipinski definition) is 4. The summed E-state index contributed by atoms with van der Waals surface area (Å²) < 4.78 is 0. The summed E-state index contributed by atoms with van der Waals surface area (Å²) in [7, 11) is 0. The van der Waals surface area contributed by atoms with Crippen LogP contribution in [0.3, 0.4) is 0 Å². The summed E-state index contributed by atoms with van der Waals surface area (Å²) in [4.78, 5) is 27.2. The molecule has 1 aromatic carbocycles. The number of carboxylic acids is 1. The van der Waals surface area contributed by atoms with E-state index in [0.717, 1.165) is 5.01 Å². The third kappa shape index (κ3) is 3.92. The quantitative estimate of drug-likeness (QED) is 0.858. The number of aryl methyl sites for hydroxylation is 1. The minimum Gasteiger partial charge on any atom is -0.481 e. The lowest BCUT2D eigenvalue weighted by atomic mass is 9.85. The molecule has 0 aliphatic rings. The lowest BCUT2D eigenvalue weighted by Crippen LogP contribution is -2.28. The fourth-order valence-corrected chi connectivity index (χ4v) is 2.53. The SMILES string of the molecule is CC(C)(C(=O)O)c1ccc(NC(=O)CCc2nccs2)cc1. The summed E-state index contributed by atoms with van der Waals surface area (Å²) in [5, 5.41) is 14.8. The Hall–Kier alpha value is -2.21. The van der Waals surface area contributed by atoms with Gasteiger partial charge in [-0.3, -0.25) is 9.59 Å². The number of aromatic nitrogens is 1. The topological polar surface area (TPSA) is 79.3 Å². The molecule has 22 heavy (non-hydrogen) atoms. The number of hydrogen-bond donors (Lipinski definition) is 2. The zero-order chi connectivity index (χ0) is 16.2. The van der Waals surface area contributed by atoms with E-state index < -0.39 is 11.4 Å². The van der Waals surface area contributed by atoms with Crippen LogP contribution < -0.4 is 5.32 Å². The van der Waals surface area contributed by atoms with Gasteiger partial charge < -0.3 is 10.4 Å². The van der Waals surface area contributed by atoms with E-state index >= 15 is 0 Å². The molecule has 2 aromatic rings. The van der Waals surface area contributed by atoms with Crippen molar-refractivity contribution in [2.24, 2.45) is 0 Å². The predicted molar refractivity (Wildman–Crippen MR) is 86.2 cm³/mol. The predicted octanol–water partition coefficient (Wildman–Crippen LogP) is 3.08. The van der Waals surface area contributed by atoms with E-state index in [1.807, 2.05) is 5.38 Å². The van der Waals surface area contributed by atoms with Gasteiger partial charge in [0, 0.05) is 30.1 Å². The van der Waals surface area contributed by atoms with Gasteiger partial charge in [0.05, 0.1) is 10.4 Å². The highest BCUT2D eigenvalue weighted by molar-refractivity contribution is 7.09. The molecule has 1 heterocycles. The van der Waals surface area contributed by atoms with Crippen molar-refractivity contribution in [3.8, 4) is 0 Å². The van der Waals surface area contributed by atoms with Crippen LogP contribution in [0, 0.1) is 0 Å². The Morgan fingerprint density at radius 2 is 1.95 bits per heavy atom. The largest absolute Gasteiger partial charge is 0.481 e. The first-order valence-corrected chi connectivity index (χ1v) is 7.79. The van der Waals surface area contributed by atoms with Gasteiger partial charge in [-0.05, 0) is 31.5 Å². The molecule has 2 rings (SSSR count). The average Bonchev–Trinajstić information content (AvgIpc) is 2.99. The number of amides is 1. The number of carbonyl (C=O) groups excluding carboxylic acids is 1. The smallest absolute Gasteiger partial charge is 0.313 e. The number of carboxylic acid groups (broad SMARTS) is 1. The van der Waals surface area contributed by atoms with Crippen LogP contribution in [0.15, 0.2) is 35.8 Å². The molecular weight excluding hydrogens is 300 g/mol. The first-order valence-electron chi connectivity index (χ1n) is 6.92. The van der Waals surface area contributed by atoms with Crippen LogP contribution >= 0.6 is 11.3 Å². The Balaban J connectivity index is 1.93. The molecule has 0 fully saturated rings. The molecule has 0 radical (unpaired) electrons. The van der Waals surface area contributed by atoms with Gasteiger partial charge in [0.25, 0.3) is 0 Å². The third-order valence-electron chi connectivity index (χ3n) is 3.47. The Bertz CT molecular complexity index is 649. The second-order valence-corrected chi connectivity index (χ2v) is 6.46. The number of rotatable bonds is 6. The minimum atomic E-state index is -0.951. The van der Waals surface area contributed by atoms with Crippen LogP contribution in [0.4, 0.5) is 5.69 Å². The molecule has 0 aliphatic heterocycles. The molecule has 0 saturated carbocycles. The van der Waals surface area contributed by atoms with Crippen LogP contribution in [0.25, 0.3) is 0 Å². The van der Waals surface area contributed by atoms with Crippen molar-refractivity contribution in [3.05, 3.63) is 46.4 Å². The molecule has 0 bridgehead atoms. The van der Waals surface area contributed by atoms with Crippen molar-refractivity contribution in [2.45, 2.75) is 32.1 Å². The normalized spacial score (nSPS) is 11.2. The molecular formula is C16H18N2O3S. The van der Waals surface area contributed by atoms with Crippen LogP contribution in [0.1, 0.15) is 30.8 Å². The molecule has 0 saturated heterocycles. The molecule has 5 nitrogen and oxygen atoms in total. The van der Waals surface area contributed by atoms with Crippen molar-refractivity contribution in [1.82, 2.24) is 4.98 Å². The summed E-state index contributed by atoms with van der Waals surface area (Å²) in [6.45, 7) is 3.30. The van der Waals surface area contributed by atoms with E-state index in [4.69, 9.17) is 0 Å². The van der Waals surface area contributed by atoms with Gasteiger partial charge in [-0.25, -0.2) is 4.98 Å². The van der Waals surface area contributed by atoms with Gasteiger partial charge in [0.15, 0.2) is 0 Å². The summed E-state index contributed by atoms with van der Waals surface area (Å²) in [5.74, 6) is -0.965. The summed E-state index contributed by atoms with van der Waals surface area (Å²) in [5.41, 5.74) is 0.405. The number of nitrogens with zero attached hydrogens (tertiary/aromatic N) is 1. The first kappa shape index (κ1) is 16.2. The Morgan fingerprint density at radius 1 is 1.27 bits per heavy atom. The fourth-order valence-electron chi connectivity index (χ4n) is 1.91. The highest BCUT2D eigenvalue weighted by Gasteiger charge is 2.29. The van der Waals surface area contributed by atoms with Gasteiger partial charge in [-0.1, -0.05) is 12.1 Å². The lowest BCUT2D eigenvalue weighted by molar-refractivity contribution is -0.142. The van der Waals surface area contributed by atoms with Crippen molar-refractivity contribution in [1.29, 1.82) is 0 Å². The Kier molecular flexibility index (Phi) is 4.92. The maximum absolute atomic E-state index is 11.9. The summed E-state index contributed by atoms with van der Waals surface area (Å²) >= 11 is 1.53. The van der Waals surface area contributed by atoms with Crippen LogP contribution in [-0.2, 0) is 21.4 Å². The zero-order valence-corrected chi connectivity index (χ0v) is 13.3. The second kappa shape index (κ2) is 6.70. The molecule has 6 heteroatoms. The zero-order valence-electron chi connectivity index (χ0n) is 12.5. The second-order valence-electron chi connectivity index (χ2n) is 5.48. The standard InChI is InChI=1S/C16H18N2O3S/c1-16(2,15(20)21)11-3-5-12(6-4-11)18-13(19)7-8-14-17-9-10-22-14/h3-6,9-10H,7-8H2,1-2H3,(H,18,19)(H,20,21). The number of nitrogens with one attached hydrogen (secondary N) is 1. The van der Waals surface area contributed by atoms with Crippen LogP contribution in [0.5, 0.6) is 0 Å². The van der Waals surface area contributed by atoms with E-state index in [-0.39, 0.29) is 5.91 Å². The van der Waals surface area contributed by atoms with Gasteiger partial charge in [0.1, 0.15) is 0 Å². The molecule has 1 amide bonds. The molecule has 0 atom stereocenters. The lowest BCUT2D eigenvalue weighted by Gasteiger charge is -2.19. The van der Waals surface area contributed by atoms with Crippen LogP contribution in [0.2, 0.25) is 0 Å². The van der Waals surface area contributed by atoms with E-state index in [2.05, 4.69) is 10.3 Å². The fraction of sp³-hybridized carbons (Fsp3) is 0.312. The van der Waals surface area contributed by atoms with Crippen molar-refractivity contribution in [3.63, 3.8) is 0 Å². The van der Waals surface area contributed by atoms with E-state index in [9.17, 15) is 14.7 Å². The monoisotopic (exact) mass is 318 g/mol. The van der Waals surface area contributed by atoms with E-state index in [1.54, 1.807) is 44.3 Å². The van der Waals surface area contributed by atoms with Gasteiger partial charge in [-0.15, -0.1) is 11.3 Å². The summed E-state index contributed by atoms with van der Waals surface area (Å²) in [6.07, 6.45) is 2.71. The summed E-state index contributed by atoms with van der Waals surface area (Å²) in [6, 6.07) is 6.90. The number of benzene rings is 1. The van der Waals surface area contributed by atoms with Gasteiger partial charge in [-0.2, -0.15) is 0 Å². The van der Waals surface area contributed by atoms with E-state index in [0.29, 0.717) is 24.1 Å². The average molecular weight is 318 g/mol. The molecule has 116 valence electrons. The Morgan fingerprint density at radius 3 is 2.50 bits per heavy atom. The third-order valence-corrected chi connectivity index (χ3v) is 4.31. The molecule has 0 spiro atoms. The highest BCUT2D eigenvalue weighted by atomic mass is 32.1. The first-order chi connectivity index (χ1) is 10.4. The Labute approximate surface area is 133 Å². The maximum atomic E-state index is 11.9. The molecule has 1 aromatic heterocycles. The van der Waals surface area contributed by atoms with E-state index in [1.165, 1.54) is 11.3 Å². The van der Waals surface area contributed by atoms with Crippen molar-refractivity contribution < 1.29 is 14.7 Å². The molecule has 0 unspecified atom stereocenters. The van der Waals surface area contributed by atoms with Crippen molar-refractivity contribution >= 4 is 28.9 Å². The number of thiazole rings is 1. The van der Waals surface area contributed by atoms with Crippen molar-refractivity contribution in [2.75, 3.05) is 5.32 Å². The highest BCUT2D eigenvalue weighted by Crippen LogP contribution is 2.24. The number of aliphatic carboxylic acids is 1.